The van der Waals surface area contributed by atoms with Gasteiger partial charge in [0.15, 0.2) is 0 Å². The van der Waals surface area contributed by atoms with E-state index in [1.54, 1.807) is 6.92 Å². The summed E-state index contributed by atoms with van der Waals surface area (Å²) in [6, 6.07) is 9.06. The van der Waals surface area contributed by atoms with Crippen molar-refractivity contribution >= 4 is 5.97 Å². The van der Waals surface area contributed by atoms with Crippen LogP contribution in [0.5, 0.6) is 0 Å². The van der Waals surface area contributed by atoms with Crippen LogP contribution in [0.4, 0.5) is 0 Å². The number of benzene rings is 1. The Morgan fingerprint density at radius 3 is 2.04 bits per heavy atom. The number of ether oxygens (including phenoxy) is 1. The largest absolute Gasteiger partial charge is 0.462 e. The maximum atomic E-state index is 13.0. The number of hydrogen-bond donors (Lipinski definition) is 1. The third kappa shape index (κ3) is 3.54. The molecule has 3 rings (SSSR count). The van der Waals surface area contributed by atoms with E-state index in [4.69, 9.17) is 4.74 Å². The van der Waals surface area contributed by atoms with E-state index < -0.39 is 5.41 Å². The van der Waals surface area contributed by atoms with Gasteiger partial charge in [-0.05, 0) is 56.2 Å². The molecule has 0 spiro atoms. The van der Waals surface area contributed by atoms with Crippen LogP contribution < -0.4 is 0 Å². The number of hydrogen-bond acceptors (Lipinski definition) is 4. The molecule has 0 aromatic heterocycles. The first kappa shape index (κ1) is 19.4. The van der Waals surface area contributed by atoms with Crippen LogP contribution in [-0.4, -0.2) is 47.8 Å². The van der Waals surface area contributed by atoms with Crippen molar-refractivity contribution < 1.29 is 14.6 Å². The summed E-state index contributed by atoms with van der Waals surface area (Å²) >= 11 is 0. The Kier molecular flexibility index (Phi) is 5.19. The van der Waals surface area contributed by atoms with Gasteiger partial charge in [0.25, 0.3) is 0 Å². The fraction of sp³-hybridized carbons (Fsp3) is 0.682. The second-order valence-electron chi connectivity index (χ2n) is 9.37. The van der Waals surface area contributed by atoms with Crippen LogP contribution in [0.3, 0.4) is 0 Å². The highest BCUT2D eigenvalue weighted by molar-refractivity contribution is 5.83. The first-order chi connectivity index (χ1) is 12.1. The minimum absolute atomic E-state index is 0.0316. The zero-order valence-electron chi connectivity index (χ0n) is 16.8. The summed E-state index contributed by atoms with van der Waals surface area (Å²) in [5, 5.41) is 10.0. The van der Waals surface area contributed by atoms with Gasteiger partial charge in [0, 0.05) is 12.1 Å². The highest BCUT2D eigenvalue weighted by atomic mass is 16.5. The summed E-state index contributed by atoms with van der Waals surface area (Å²) in [5.41, 5.74) is 1.07. The highest BCUT2D eigenvalue weighted by Gasteiger charge is 2.43. The Morgan fingerprint density at radius 2 is 1.58 bits per heavy atom. The van der Waals surface area contributed by atoms with Gasteiger partial charge in [-0.15, -0.1) is 0 Å². The molecule has 2 saturated heterocycles. The van der Waals surface area contributed by atoms with E-state index in [1.807, 2.05) is 24.3 Å². The van der Waals surface area contributed by atoms with Gasteiger partial charge in [-0.25, -0.2) is 0 Å². The molecule has 3 atom stereocenters. The molecule has 0 radical (unpaired) electrons. The van der Waals surface area contributed by atoms with Crippen molar-refractivity contribution in [3.05, 3.63) is 35.4 Å². The highest BCUT2D eigenvalue weighted by Crippen LogP contribution is 2.37. The van der Waals surface area contributed by atoms with Crippen LogP contribution in [0.1, 0.15) is 64.5 Å². The molecule has 0 saturated carbocycles. The van der Waals surface area contributed by atoms with Crippen LogP contribution in [0, 0.1) is 0 Å². The van der Waals surface area contributed by atoms with Gasteiger partial charge < -0.3 is 14.7 Å². The Morgan fingerprint density at radius 1 is 1.08 bits per heavy atom. The average molecular weight is 360 g/mol. The number of fused-ring (bicyclic) bond motifs is 2. The molecule has 4 heteroatoms. The Bertz CT molecular complexity index is 634. The number of carbonyl (C=O) groups is 1. The second kappa shape index (κ2) is 6.97. The topological polar surface area (TPSA) is 49.8 Å². The Balaban J connectivity index is 1.73. The van der Waals surface area contributed by atoms with Gasteiger partial charge >= 0.3 is 5.97 Å². The van der Waals surface area contributed by atoms with Gasteiger partial charge in [-0.3, -0.25) is 4.79 Å². The molecule has 3 unspecified atom stereocenters. The second-order valence-corrected chi connectivity index (χ2v) is 9.37. The number of aliphatic hydroxyl groups is 1. The average Bonchev–Trinajstić information content (AvgIpc) is 2.82. The summed E-state index contributed by atoms with van der Waals surface area (Å²) in [6.45, 7) is 8.02. The van der Waals surface area contributed by atoms with Gasteiger partial charge in [-0.2, -0.15) is 0 Å². The molecule has 2 fully saturated rings. The molecule has 4 nitrogen and oxygen atoms in total. The van der Waals surface area contributed by atoms with E-state index in [9.17, 15) is 9.90 Å². The number of aliphatic hydroxyl groups excluding tert-OH is 1. The molecule has 2 aliphatic heterocycles. The fourth-order valence-electron chi connectivity index (χ4n) is 4.35. The Labute approximate surface area is 157 Å². The zero-order chi connectivity index (χ0) is 19.1. The smallest absolute Gasteiger partial charge is 0.318 e. The SMILES string of the molecule is CN1C2CCC1CC(OC(=O)C(C)(CO)c1ccc(C(C)(C)C)cc1)C2. The quantitative estimate of drug-likeness (QED) is 0.837. The van der Waals surface area contributed by atoms with Crippen molar-refractivity contribution in [1.29, 1.82) is 0 Å². The molecular formula is C22H33NO3. The van der Waals surface area contributed by atoms with E-state index in [0.29, 0.717) is 12.1 Å². The monoisotopic (exact) mass is 359 g/mol. The predicted octanol–water partition coefficient (Wildman–Crippen LogP) is 3.40. The fourth-order valence-corrected chi connectivity index (χ4v) is 4.35. The van der Waals surface area contributed by atoms with Crippen molar-refractivity contribution in [2.24, 2.45) is 0 Å². The maximum absolute atomic E-state index is 13.0. The first-order valence-electron chi connectivity index (χ1n) is 9.80. The Hall–Kier alpha value is -1.39. The molecule has 26 heavy (non-hydrogen) atoms. The maximum Gasteiger partial charge on any atom is 0.318 e. The van der Waals surface area contributed by atoms with Gasteiger partial charge in [-0.1, -0.05) is 45.0 Å². The molecule has 1 N–H and O–H groups in total. The third-order valence-corrected chi connectivity index (χ3v) is 6.48. The van der Waals surface area contributed by atoms with Gasteiger partial charge in [0.2, 0.25) is 0 Å². The van der Waals surface area contributed by atoms with Gasteiger partial charge in [0.1, 0.15) is 11.5 Å². The van der Waals surface area contributed by atoms with E-state index in [2.05, 4.69) is 32.7 Å². The molecular weight excluding hydrogens is 326 g/mol. The first-order valence-corrected chi connectivity index (χ1v) is 9.80. The molecule has 0 amide bonds. The lowest BCUT2D eigenvalue weighted by Crippen LogP contribution is -2.46. The number of piperidine rings is 1. The molecule has 144 valence electrons. The molecule has 1 aromatic carbocycles. The number of carbonyl (C=O) groups excluding carboxylic acids is 1. The van der Waals surface area contributed by atoms with E-state index in [-0.39, 0.29) is 24.1 Å². The lowest BCUT2D eigenvalue weighted by atomic mass is 9.80. The lowest BCUT2D eigenvalue weighted by molar-refractivity contribution is -0.160. The van der Waals surface area contributed by atoms with Crippen LogP contribution in [0.25, 0.3) is 0 Å². The third-order valence-electron chi connectivity index (χ3n) is 6.48. The van der Waals surface area contributed by atoms with Crippen molar-refractivity contribution in [1.82, 2.24) is 4.90 Å². The number of esters is 1. The normalized spacial score (nSPS) is 28.6. The summed E-state index contributed by atoms with van der Waals surface area (Å²) in [6.07, 6.45) is 4.17. The van der Waals surface area contributed by atoms with Gasteiger partial charge in [0.05, 0.1) is 6.61 Å². The minimum Gasteiger partial charge on any atom is -0.462 e. The van der Waals surface area contributed by atoms with Crippen molar-refractivity contribution in [2.45, 2.75) is 82.4 Å². The van der Waals surface area contributed by atoms with Crippen LogP contribution >= 0.6 is 0 Å². The summed E-state index contributed by atoms with van der Waals surface area (Å²) in [5.74, 6) is -0.308. The van der Waals surface area contributed by atoms with E-state index in [1.165, 1.54) is 18.4 Å². The molecule has 1 aromatic rings. The predicted molar refractivity (Wildman–Crippen MR) is 103 cm³/mol. The van der Waals surface area contributed by atoms with Crippen molar-refractivity contribution in [2.75, 3.05) is 13.7 Å². The summed E-state index contributed by atoms with van der Waals surface area (Å²) in [7, 11) is 2.18. The van der Waals surface area contributed by atoms with Crippen molar-refractivity contribution in [3.63, 3.8) is 0 Å². The molecule has 2 aliphatic rings. The molecule has 2 heterocycles. The van der Waals surface area contributed by atoms with Crippen LogP contribution in [0.2, 0.25) is 0 Å². The zero-order valence-corrected chi connectivity index (χ0v) is 16.8. The standard InChI is InChI=1S/C22H33NO3/c1-21(2,3)15-6-8-16(9-7-15)22(4,14-24)20(25)26-19-12-17-10-11-18(13-19)23(17)5/h6-9,17-19,24H,10-14H2,1-5H3. The number of rotatable bonds is 4. The van der Waals surface area contributed by atoms with Crippen LogP contribution in [-0.2, 0) is 20.4 Å². The lowest BCUT2D eigenvalue weighted by Gasteiger charge is -2.37. The van der Waals surface area contributed by atoms with E-state index in [0.717, 1.165) is 18.4 Å². The molecule has 2 bridgehead atoms. The summed E-state index contributed by atoms with van der Waals surface area (Å²) < 4.78 is 5.90. The molecule has 0 aliphatic carbocycles. The minimum atomic E-state index is -1.02. The van der Waals surface area contributed by atoms with Crippen LogP contribution in [0.15, 0.2) is 24.3 Å². The van der Waals surface area contributed by atoms with E-state index >= 15 is 0 Å². The summed E-state index contributed by atoms with van der Waals surface area (Å²) in [4.78, 5) is 15.4. The van der Waals surface area contributed by atoms with Crippen molar-refractivity contribution in [3.8, 4) is 0 Å². The number of nitrogens with zero attached hydrogens (tertiary/aromatic N) is 1.